The molecule has 23 heavy (non-hydrogen) atoms. The standard InChI is InChI=1S/C12H11Cl2N5O4/c13-4-1-5(14)8-6(2-4)19(12(16-8)17-18-15)11-10(22)9(21)7(3-20)23-11/h1-2,7,9-11,20-22H,3H2/t7-,9-,10-,11?/m1/s1. The molecule has 3 N–H and O–H groups in total. The highest BCUT2D eigenvalue weighted by molar-refractivity contribution is 6.38. The lowest BCUT2D eigenvalue weighted by atomic mass is 10.1. The number of halogens is 2. The average Bonchev–Trinajstić information content (AvgIpc) is 2.99. The molecule has 2 aromatic rings. The van der Waals surface area contributed by atoms with Crippen LogP contribution in [0.3, 0.4) is 0 Å². The fraction of sp³-hybridized carbons (Fsp3) is 0.417. The van der Waals surface area contributed by atoms with Gasteiger partial charge in [0.25, 0.3) is 0 Å². The van der Waals surface area contributed by atoms with Gasteiger partial charge in [-0.15, -0.1) is 0 Å². The van der Waals surface area contributed by atoms with Crippen LogP contribution in [0.4, 0.5) is 5.95 Å². The summed E-state index contributed by atoms with van der Waals surface area (Å²) < 4.78 is 6.75. The van der Waals surface area contributed by atoms with E-state index in [1.807, 2.05) is 0 Å². The van der Waals surface area contributed by atoms with E-state index in [1.54, 1.807) is 0 Å². The van der Waals surface area contributed by atoms with Crippen molar-refractivity contribution in [3.63, 3.8) is 0 Å². The lowest BCUT2D eigenvalue weighted by molar-refractivity contribution is -0.0500. The van der Waals surface area contributed by atoms with Gasteiger partial charge in [0.1, 0.15) is 23.8 Å². The van der Waals surface area contributed by atoms with Crippen molar-refractivity contribution in [1.29, 1.82) is 0 Å². The van der Waals surface area contributed by atoms with Gasteiger partial charge in [-0.2, -0.15) is 0 Å². The van der Waals surface area contributed by atoms with Gasteiger partial charge in [-0.25, -0.2) is 4.98 Å². The van der Waals surface area contributed by atoms with Gasteiger partial charge in [-0.05, 0) is 22.8 Å². The third-order valence-corrected chi connectivity index (χ3v) is 4.11. The second kappa shape index (κ2) is 6.14. The van der Waals surface area contributed by atoms with Gasteiger partial charge in [0.2, 0.25) is 0 Å². The summed E-state index contributed by atoms with van der Waals surface area (Å²) >= 11 is 12.1. The van der Waals surface area contributed by atoms with Crippen molar-refractivity contribution in [3.05, 3.63) is 32.6 Å². The summed E-state index contributed by atoms with van der Waals surface area (Å²) in [6.07, 6.45) is -4.78. The molecular weight excluding hydrogens is 349 g/mol. The van der Waals surface area contributed by atoms with Crippen molar-refractivity contribution in [3.8, 4) is 0 Å². The van der Waals surface area contributed by atoms with Crippen molar-refractivity contribution < 1.29 is 20.1 Å². The fourth-order valence-corrected chi connectivity index (χ4v) is 3.09. The molecular formula is C12H11Cl2N5O4. The van der Waals surface area contributed by atoms with Crippen LogP contribution in [-0.4, -0.2) is 49.8 Å². The number of aliphatic hydroxyl groups excluding tert-OH is 3. The predicted octanol–water partition coefficient (Wildman–Crippen LogP) is 1.90. The van der Waals surface area contributed by atoms with Crippen LogP contribution in [0.25, 0.3) is 21.5 Å². The van der Waals surface area contributed by atoms with E-state index in [2.05, 4.69) is 15.0 Å². The van der Waals surface area contributed by atoms with Crippen molar-refractivity contribution in [1.82, 2.24) is 9.55 Å². The van der Waals surface area contributed by atoms with Crippen LogP contribution in [0.15, 0.2) is 17.2 Å². The summed E-state index contributed by atoms with van der Waals surface area (Å²) in [5, 5.41) is 33.3. The predicted molar refractivity (Wildman–Crippen MR) is 81.6 cm³/mol. The van der Waals surface area contributed by atoms with Crippen molar-refractivity contribution >= 4 is 40.2 Å². The lowest BCUT2D eigenvalue weighted by Gasteiger charge is -2.18. The summed E-state index contributed by atoms with van der Waals surface area (Å²) in [7, 11) is 0. The zero-order valence-corrected chi connectivity index (χ0v) is 12.9. The number of aliphatic hydroxyl groups is 3. The number of rotatable bonds is 3. The molecule has 1 aliphatic rings. The number of benzene rings is 1. The normalized spacial score (nSPS) is 27.3. The lowest BCUT2D eigenvalue weighted by Crippen LogP contribution is -2.33. The molecule has 11 heteroatoms. The van der Waals surface area contributed by atoms with Gasteiger partial charge in [0.05, 0.1) is 17.1 Å². The molecule has 1 aromatic carbocycles. The molecule has 1 aliphatic heterocycles. The first-order chi connectivity index (χ1) is 11.0. The Bertz CT molecular complexity index is 806. The number of nitrogens with zero attached hydrogens (tertiary/aromatic N) is 5. The molecule has 0 aliphatic carbocycles. The second-order valence-electron chi connectivity index (χ2n) is 4.96. The zero-order valence-electron chi connectivity index (χ0n) is 11.4. The van der Waals surface area contributed by atoms with Gasteiger partial charge in [-0.3, -0.25) is 4.57 Å². The maximum atomic E-state index is 10.2. The van der Waals surface area contributed by atoms with E-state index in [1.165, 1.54) is 16.7 Å². The fourth-order valence-electron chi connectivity index (χ4n) is 2.56. The average molecular weight is 360 g/mol. The van der Waals surface area contributed by atoms with Crippen LogP contribution in [0.2, 0.25) is 10.0 Å². The summed E-state index contributed by atoms with van der Waals surface area (Å²) in [6, 6.07) is 2.99. The minimum absolute atomic E-state index is 0.110. The Labute approximate surface area is 139 Å². The van der Waals surface area contributed by atoms with Crippen molar-refractivity contribution in [2.45, 2.75) is 24.5 Å². The Morgan fingerprint density at radius 1 is 1.35 bits per heavy atom. The molecule has 1 unspecified atom stereocenters. The van der Waals surface area contributed by atoms with Crippen LogP contribution < -0.4 is 0 Å². The monoisotopic (exact) mass is 359 g/mol. The van der Waals surface area contributed by atoms with Crippen LogP contribution in [-0.2, 0) is 4.74 Å². The summed E-state index contributed by atoms with van der Waals surface area (Å²) in [5.74, 6) is -0.110. The Morgan fingerprint density at radius 2 is 2.09 bits per heavy atom. The SMILES string of the molecule is [N-]=[N+]=Nc1nc2c(Cl)cc(Cl)cc2n1C1O[C@H](CO)[C@@H](O)[C@H]1O. The number of imidazole rings is 1. The Kier molecular flexibility index (Phi) is 4.35. The van der Waals surface area contributed by atoms with Crippen LogP contribution >= 0.6 is 23.2 Å². The van der Waals surface area contributed by atoms with E-state index >= 15 is 0 Å². The van der Waals surface area contributed by atoms with E-state index in [0.717, 1.165) is 0 Å². The van der Waals surface area contributed by atoms with E-state index < -0.39 is 31.1 Å². The van der Waals surface area contributed by atoms with Gasteiger partial charge >= 0.3 is 0 Å². The number of ether oxygens (including phenoxy) is 1. The molecule has 0 saturated carbocycles. The number of aromatic nitrogens is 2. The highest BCUT2D eigenvalue weighted by Crippen LogP contribution is 2.38. The van der Waals surface area contributed by atoms with Gasteiger partial charge in [0.15, 0.2) is 12.2 Å². The minimum atomic E-state index is -1.37. The minimum Gasteiger partial charge on any atom is -0.394 e. The highest BCUT2D eigenvalue weighted by Gasteiger charge is 2.44. The topological polar surface area (TPSA) is 137 Å². The molecule has 0 spiro atoms. The number of hydrogen-bond donors (Lipinski definition) is 3. The smallest absolute Gasteiger partial charge is 0.200 e. The first-order valence-corrected chi connectivity index (χ1v) is 7.28. The zero-order chi connectivity index (χ0) is 16.7. The number of fused-ring (bicyclic) bond motifs is 1. The third-order valence-electron chi connectivity index (χ3n) is 3.60. The largest absolute Gasteiger partial charge is 0.394 e. The highest BCUT2D eigenvalue weighted by atomic mass is 35.5. The Balaban J connectivity index is 2.23. The molecule has 122 valence electrons. The molecule has 1 aromatic heterocycles. The van der Waals surface area contributed by atoms with Crippen molar-refractivity contribution in [2.75, 3.05) is 6.61 Å². The second-order valence-corrected chi connectivity index (χ2v) is 5.80. The molecule has 1 saturated heterocycles. The first-order valence-electron chi connectivity index (χ1n) is 6.52. The van der Waals surface area contributed by atoms with Gasteiger partial charge in [-0.1, -0.05) is 23.2 Å². The summed E-state index contributed by atoms with van der Waals surface area (Å²) in [5.41, 5.74) is 9.37. The summed E-state index contributed by atoms with van der Waals surface area (Å²) in [4.78, 5) is 6.80. The maximum Gasteiger partial charge on any atom is 0.200 e. The maximum absolute atomic E-state index is 10.2. The van der Waals surface area contributed by atoms with Gasteiger partial charge in [0, 0.05) is 9.93 Å². The van der Waals surface area contributed by atoms with E-state index in [9.17, 15) is 15.3 Å². The molecule has 2 heterocycles. The van der Waals surface area contributed by atoms with E-state index in [0.29, 0.717) is 16.1 Å². The molecule has 4 atom stereocenters. The number of hydrogen-bond acceptors (Lipinski definition) is 6. The third kappa shape index (κ3) is 2.62. The Hall–Kier alpha value is -1.58. The van der Waals surface area contributed by atoms with Crippen LogP contribution in [0.5, 0.6) is 0 Å². The van der Waals surface area contributed by atoms with Gasteiger partial charge < -0.3 is 20.1 Å². The molecule has 0 radical (unpaired) electrons. The van der Waals surface area contributed by atoms with E-state index in [4.69, 9.17) is 33.5 Å². The molecule has 0 bridgehead atoms. The first kappa shape index (κ1) is 16.3. The molecule has 1 fully saturated rings. The summed E-state index contributed by atoms with van der Waals surface area (Å²) in [6.45, 7) is -0.486. The molecule has 0 amide bonds. The van der Waals surface area contributed by atoms with Crippen LogP contribution in [0, 0.1) is 0 Å². The Morgan fingerprint density at radius 3 is 2.70 bits per heavy atom. The van der Waals surface area contributed by atoms with E-state index in [-0.39, 0.29) is 11.0 Å². The van der Waals surface area contributed by atoms with Crippen LogP contribution in [0.1, 0.15) is 6.23 Å². The number of azide groups is 1. The quantitative estimate of drug-likeness (QED) is 0.436. The van der Waals surface area contributed by atoms with Crippen molar-refractivity contribution in [2.24, 2.45) is 5.11 Å². The molecule has 3 rings (SSSR count). The molecule has 9 nitrogen and oxygen atoms in total.